The molecule has 1 aliphatic rings. The zero-order valence-electron chi connectivity index (χ0n) is 23.3. The molecule has 4 rings (SSSR count). The highest BCUT2D eigenvalue weighted by Crippen LogP contribution is 2.37. The van der Waals surface area contributed by atoms with Crippen LogP contribution in [0.3, 0.4) is 0 Å². The van der Waals surface area contributed by atoms with Crippen molar-refractivity contribution in [2.75, 3.05) is 25.2 Å². The lowest BCUT2D eigenvalue weighted by Crippen LogP contribution is -2.41. The van der Waals surface area contributed by atoms with Crippen LogP contribution in [0.25, 0.3) is 0 Å². The quantitative estimate of drug-likeness (QED) is 0.429. The van der Waals surface area contributed by atoms with Gasteiger partial charge >= 0.3 is 12.1 Å². The first kappa shape index (κ1) is 30.0. The summed E-state index contributed by atoms with van der Waals surface area (Å²) < 4.78 is 51.7. The number of nitrogens with two attached hydrogens (primary N) is 1. The van der Waals surface area contributed by atoms with Crippen LogP contribution in [0.15, 0.2) is 53.5 Å². The molecule has 1 aliphatic heterocycles. The molecule has 11 nitrogen and oxygen atoms in total. The summed E-state index contributed by atoms with van der Waals surface area (Å²) in [5.74, 6) is -5.28. The summed E-state index contributed by atoms with van der Waals surface area (Å²) in [4.78, 5) is 53.1. The number of benzene rings is 2. The molecule has 2 heterocycles. The molecule has 2 N–H and O–H groups in total. The average molecular weight is 586 g/mol. The lowest BCUT2D eigenvalue weighted by atomic mass is 10.1. The Kier molecular flexibility index (Phi) is 8.50. The van der Waals surface area contributed by atoms with Crippen LogP contribution >= 0.6 is 0 Å². The van der Waals surface area contributed by atoms with Crippen molar-refractivity contribution in [1.29, 1.82) is 0 Å². The van der Waals surface area contributed by atoms with Gasteiger partial charge in [0.1, 0.15) is 30.1 Å². The van der Waals surface area contributed by atoms with E-state index in [0.29, 0.717) is 5.56 Å². The topological polar surface area (TPSA) is 139 Å². The molecule has 0 saturated heterocycles. The SMILES string of the molecule is COC(=O)c1c(OCc2ccccc2)c(=O)c(C(N)=O)cn1C1COc2cc(F)c(F)cc2N(C(=O)OC(C)(C)C)C1. The van der Waals surface area contributed by atoms with Gasteiger partial charge in [0.15, 0.2) is 23.1 Å². The number of primary amides is 1. The van der Waals surface area contributed by atoms with Gasteiger partial charge in [0, 0.05) is 18.3 Å². The van der Waals surface area contributed by atoms with Gasteiger partial charge in [-0.05, 0) is 26.3 Å². The smallest absolute Gasteiger partial charge is 0.415 e. The number of pyridine rings is 1. The van der Waals surface area contributed by atoms with Crippen molar-refractivity contribution in [3.8, 4) is 11.5 Å². The number of esters is 1. The number of aromatic nitrogens is 1. The van der Waals surface area contributed by atoms with E-state index in [-0.39, 0.29) is 31.2 Å². The highest BCUT2D eigenvalue weighted by molar-refractivity contribution is 5.96. The largest absolute Gasteiger partial charge is 0.489 e. The van der Waals surface area contributed by atoms with Crippen LogP contribution < -0.4 is 25.5 Å². The fourth-order valence-corrected chi connectivity index (χ4v) is 4.28. The number of carbonyl (C=O) groups is 3. The predicted molar refractivity (Wildman–Crippen MR) is 146 cm³/mol. The summed E-state index contributed by atoms with van der Waals surface area (Å²) in [6, 6.07) is 9.23. The molecule has 0 fully saturated rings. The maximum atomic E-state index is 14.3. The number of methoxy groups -OCH3 is 1. The highest BCUT2D eigenvalue weighted by Gasteiger charge is 2.36. The molecule has 0 spiro atoms. The fourth-order valence-electron chi connectivity index (χ4n) is 4.28. The summed E-state index contributed by atoms with van der Waals surface area (Å²) in [6.45, 7) is 4.04. The second-order valence-electron chi connectivity index (χ2n) is 10.4. The molecular formula is C29H29F2N3O8. The van der Waals surface area contributed by atoms with Crippen LogP contribution in [0, 0.1) is 11.6 Å². The summed E-state index contributed by atoms with van der Waals surface area (Å²) in [6.07, 6.45) is 0.103. The Labute approximate surface area is 239 Å². The zero-order chi connectivity index (χ0) is 30.8. The number of hydrogen-bond donors (Lipinski definition) is 1. The zero-order valence-corrected chi connectivity index (χ0v) is 23.3. The van der Waals surface area contributed by atoms with Gasteiger partial charge in [-0.2, -0.15) is 0 Å². The Morgan fingerprint density at radius 3 is 2.38 bits per heavy atom. The second-order valence-corrected chi connectivity index (χ2v) is 10.4. The molecule has 42 heavy (non-hydrogen) atoms. The van der Waals surface area contributed by atoms with Gasteiger partial charge < -0.3 is 29.2 Å². The Morgan fingerprint density at radius 2 is 1.76 bits per heavy atom. The predicted octanol–water partition coefficient (Wildman–Crippen LogP) is 3.97. The van der Waals surface area contributed by atoms with Crippen molar-refractivity contribution in [2.45, 2.75) is 39.0 Å². The third-order valence-corrected chi connectivity index (χ3v) is 6.19. The van der Waals surface area contributed by atoms with E-state index in [1.807, 2.05) is 0 Å². The summed E-state index contributed by atoms with van der Waals surface area (Å²) in [5.41, 5.74) is 3.17. The number of nitrogens with zero attached hydrogens (tertiary/aromatic N) is 2. The Bertz CT molecular complexity index is 1580. The molecule has 1 aromatic heterocycles. The fraction of sp³-hybridized carbons (Fsp3) is 0.310. The number of amides is 2. The Hall–Kier alpha value is -4.94. The average Bonchev–Trinajstić information content (AvgIpc) is 3.11. The van der Waals surface area contributed by atoms with Crippen molar-refractivity contribution in [1.82, 2.24) is 4.57 Å². The Morgan fingerprint density at radius 1 is 1.10 bits per heavy atom. The summed E-state index contributed by atoms with van der Waals surface area (Å²) in [5, 5.41) is 0. The van der Waals surface area contributed by atoms with Crippen LogP contribution in [0.2, 0.25) is 0 Å². The van der Waals surface area contributed by atoms with Gasteiger partial charge in [0.2, 0.25) is 5.43 Å². The van der Waals surface area contributed by atoms with E-state index < -0.39 is 63.7 Å². The molecule has 222 valence electrons. The number of carbonyl (C=O) groups excluding carboxylic acids is 3. The first-order valence-corrected chi connectivity index (χ1v) is 12.8. The van der Waals surface area contributed by atoms with Gasteiger partial charge in [-0.25, -0.2) is 18.4 Å². The van der Waals surface area contributed by atoms with Crippen molar-refractivity contribution in [2.24, 2.45) is 5.73 Å². The standard InChI is InChI=1S/C29H29F2N3O8/c1-29(2,3)42-28(38)34-12-17(15-40-22-11-20(31)19(30)10-21(22)34)33-13-18(26(32)36)24(35)25(23(33)27(37)39-4)41-14-16-8-6-5-7-9-16/h5-11,13,17H,12,14-15H2,1-4H3,(H2,32,36). The van der Waals surface area contributed by atoms with Crippen LogP contribution in [-0.4, -0.2) is 48.4 Å². The van der Waals surface area contributed by atoms with Gasteiger partial charge in [0.25, 0.3) is 5.91 Å². The van der Waals surface area contributed by atoms with E-state index in [2.05, 4.69) is 0 Å². The van der Waals surface area contributed by atoms with Crippen LogP contribution in [0.4, 0.5) is 19.3 Å². The second kappa shape index (κ2) is 11.9. The minimum absolute atomic E-state index is 0.137. The number of rotatable bonds is 6. The maximum absolute atomic E-state index is 14.3. The number of ether oxygens (including phenoxy) is 4. The first-order chi connectivity index (χ1) is 19.8. The van der Waals surface area contributed by atoms with Gasteiger partial charge in [-0.3, -0.25) is 14.5 Å². The maximum Gasteiger partial charge on any atom is 0.415 e. The summed E-state index contributed by atoms with van der Waals surface area (Å²) >= 11 is 0. The molecule has 13 heteroatoms. The molecule has 0 radical (unpaired) electrons. The van der Waals surface area contributed by atoms with Crippen molar-refractivity contribution >= 4 is 23.7 Å². The van der Waals surface area contributed by atoms with Crippen LogP contribution in [0.5, 0.6) is 11.5 Å². The number of hydrogen-bond acceptors (Lipinski definition) is 8. The normalized spacial score (nSPS) is 14.7. The molecule has 0 bridgehead atoms. The monoisotopic (exact) mass is 585 g/mol. The van der Waals surface area contributed by atoms with Gasteiger partial charge in [-0.1, -0.05) is 30.3 Å². The van der Waals surface area contributed by atoms with Crippen molar-refractivity contribution < 1.29 is 42.1 Å². The molecule has 2 aromatic carbocycles. The third-order valence-electron chi connectivity index (χ3n) is 6.19. The molecule has 0 aliphatic carbocycles. The molecule has 0 saturated carbocycles. The minimum Gasteiger partial charge on any atom is -0.489 e. The molecule has 1 unspecified atom stereocenters. The lowest BCUT2D eigenvalue weighted by molar-refractivity contribution is 0.0572. The third kappa shape index (κ3) is 6.35. The van der Waals surface area contributed by atoms with Crippen molar-refractivity contribution in [3.05, 3.63) is 87.3 Å². The number of anilines is 1. The first-order valence-electron chi connectivity index (χ1n) is 12.8. The number of fused-ring (bicyclic) bond motifs is 1. The number of halogens is 2. The Balaban J connectivity index is 1.89. The van der Waals surface area contributed by atoms with Crippen LogP contribution in [0.1, 0.15) is 53.2 Å². The van der Waals surface area contributed by atoms with E-state index in [1.54, 1.807) is 51.1 Å². The molecular weight excluding hydrogens is 556 g/mol. The van der Waals surface area contributed by atoms with E-state index >= 15 is 0 Å². The summed E-state index contributed by atoms with van der Waals surface area (Å²) in [7, 11) is 1.08. The molecule has 1 atom stereocenters. The van der Waals surface area contributed by atoms with E-state index in [9.17, 15) is 28.0 Å². The van der Waals surface area contributed by atoms with E-state index in [0.717, 1.165) is 30.3 Å². The van der Waals surface area contributed by atoms with Crippen LogP contribution in [-0.2, 0) is 16.1 Å². The minimum atomic E-state index is -1.24. The van der Waals surface area contributed by atoms with Gasteiger partial charge in [0.05, 0.1) is 25.4 Å². The molecule has 3 aromatic rings. The molecule has 2 amide bonds. The van der Waals surface area contributed by atoms with E-state index in [4.69, 9.17) is 24.7 Å². The highest BCUT2D eigenvalue weighted by atomic mass is 19.2. The van der Waals surface area contributed by atoms with Gasteiger partial charge in [-0.15, -0.1) is 0 Å². The van der Waals surface area contributed by atoms with Crippen molar-refractivity contribution in [3.63, 3.8) is 0 Å². The van der Waals surface area contributed by atoms with E-state index in [1.165, 1.54) is 4.57 Å². The lowest BCUT2D eigenvalue weighted by Gasteiger charge is -2.30.